The lowest BCUT2D eigenvalue weighted by atomic mass is 9.75. The van der Waals surface area contributed by atoms with E-state index < -0.39 is 7.12 Å². The molecule has 0 aliphatic rings. The number of benzene rings is 5. The van der Waals surface area contributed by atoms with Crippen molar-refractivity contribution < 1.29 is 10.0 Å². The summed E-state index contributed by atoms with van der Waals surface area (Å²) in [5.74, 6) is 0. The largest absolute Gasteiger partial charge is 0.489 e. The predicted molar refractivity (Wildman–Crippen MR) is 114 cm³/mol. The first-order valence-electron chi connectivity index (χ1n) is 9.03. The van der Waals surface area contributed by atoms with Gasteiger partial charge in [-0.05, 0) is 55.0 Å². The summed E-state index contributed by atoms with van der Waals surface area (Å²) in [5, 5.41) is 26.3. The molecule has 5 rings (SSSR count). The van der Waals surface area contributed by atoms with E-state index in [1.807, 2.05) is 30.3 Å². The Hall–Kier alpha value is -3.14. The SMILES string of the molecule is OB(O)c1cccc2c(-c3cccc4ccccc34)c3ccccc3cc12. The molecule has 0 saturated carbocycles. The van der Waals surface area contributed by atoms with Gasteiger partial charge in [0.1, 0.15) is 0 Å². The van der Waals surface area contributed by atoms with E-state index in [2.05, 4.69) is 54.6 Å². The molecule has 128 valence electrons. The normalized spacial score (nSPS) is 11.3. The highest BCUT2D eigenvalue weighted by Crippen LogP contribution is 2.39. The van der Waals surface area contributed by atoms with Crippen molar-refractivity contribution in [1.82, 2.24) is 0 Å². The van der Waals surface area contributed by atoms with Gasteiger partial charge >= 0.3 is 7.12 Å². The molecule has 0 bridgehead atoms. The summed E-state index contributed by atoms with van der Waals surface area (Å²) < 4.78 is 0. The Morgan fingerprint density at radius 3 is 1.96 bits per heavy atom. The third-order valence-electron chi connectivity index (χ3n) is 5.28. The molecule has 0 atom stereocenters. The van der Waals surface area contributed by atoms with Gasteiger partial charge in [0, 0.05) is 0 Å². The van der Waals surface area contributed by atoms with Crippen molar-refractivity contribution in [1.29, 1.82) is 0 Å². The molecule has 2 nitrogen and oxygen atoms in total. The van der Waals surface area contributed by atoms with Gasteiger partial charge in [-0.25, -0.2) is 0 Å². The molecule has 2 N–H and O–H groups in total. The van der Waals surface area contributed by atoms with Gasteiger partial charge in [0.2, 0.25) is 0 Å². The van der Waals surface area contributed by atoms with E-state index in [1.165, 1.54) is 10.8 Å². The predicted octanol–water partition coefficient (Wildman–Crippen LogP) is 4.49. The molecule has 0 aliphatic heterocycles. The Morgan fingerprint density at radius 1 is 0.519 bits per heavy atom. The van der Waals surface area contributed by atoms with Gasteiger partial charge < -0.3 is 10.0 Å². The lowest BCUT2D eigenvalue weighted by Crippen LogP contribution is -2.30. The van der Waals surface area contributed by atoms with Crippen molar-refractivity contribution in [3.8, 4) is 11.1 Å². The topological polar surface area (TPSA) is 40.5 Å². The molecule has 3 heteroatoms. The zero-order valence-corrected chi connectivity index (χ0v) is 14.6. The lowest BCUT2D eigenvalue weighted by molar-refractivity contribution is 0.426. The third-order valence-corrected chi connectivity index (χ3v) is 5.28. The van der Waals surface area contributed by atoms with Gasteiger partial charge in [0.25, 0.3) is 0 Å². The fraction of sp³-hybridized carbons (Fsp3) is 0. The minimum atomic E-state index is -1.50. The van der Waals surface area contributed by atoms with Crippen LogP contribution in [0.2, 0.25) is 0 Å². The molecule has 0 spiro atoms. The van der Waals surface area contributed by atoms with Crippen LogP contribution in [0.4, 0.5) is 0 Å². The Labute approximate surface area is 157 Å². The molecule has 0 fully saturated rings. The zero-order chi connectivity index (χ0) is 18.4. The van der Waals surface area contributed by atoms with Gasteiger partial charge in [-0.2, -0.15) is 0 Å². The summed E-state index contributed by atoms with van der Waals surface area (Å²) >= 11 is 0. The Kier molecular flexibility index (Phi) is 3.71. The Balaban J connectivity index is 2.02. The number of hydrogen-bond acceptors (Lipinski definition) is 2. The molecule has 0 aliphatic carbocycles. The number of fused-ring (bicyclic) bond motifs is 3. The van der Waals surface area contributed by atoms with Crippen LogP contribution in [0.1, 0.15) is 0 Å². The van der Waals surface area contributed by atoms with Crippen molar-refractivity contribution in [2.24, 2.45) is 0 Å². The summed E-state index contributed by atoms with van der Waals surface area (Å²) in [6, 6.07) is 30.8. The Morgan fingerprint density at radius 2 is 1.15 bits per heavy atom. The van der Waals surface area contributed by atoms with E-state index in [0.29, 0.717) is 5.46 Å². The smallest absolute Gasteiger partial charge is 0.423 e. The van der Waals surface area contributed by atoms with Crippen LogP contribution in [0.3, 0.4) is 0 Å². The van der Waals surface area contributed by atoms with Crippen molar-refractivity contribution in [2.75, 3.05) is 0 Å². The molecule has 0 amide bonds. The summed E-state index contributed by atoms with van der Waals surface area (Å²) in [6.07, 6.45) is 0. The highest BCUT2D eigenvalue weighted by molar-refractivity contribution is 6.62. The van der Waals surface area contributed by atoms with E-state index in [9.17, 15) is 10.0 Å². The van der Waals surface area contributed by atoms with Crippen molar-refractivity contribution >= 4 is 44.9 Å². The van der Waals surface area contributed by atoms with Gasteiger partial charge in [-0.3, -0.25) is 0 Å². The van der Waals surface area contributed by atoms with Crippen LogP contribution in [-0.4, -0.2) is 17.2 Å². The fourth-order valence-corrected chi connectivity index (χ4v) is 4.07. The van der Waals surface area contributed by atoms with Gasteiger partial charge in [-0.15, -0.1) is 0 Å². The molecule has 0 radical (unpaired) electrons. The first-order chi connectivity index (χ1) is 13.2. The van der Waals surface area contributed by atoms with E-state index in [4.69, 9.17) is 0 Å². The summed E-state index contributed by atoms with van der Waals surface area (Å²) in [4.78, 5) is 0. The maximum absolute atomic E-state index is 9.88. The summed E-state index contributed by atoms with van der Waals surface area (Å²) in [7, 11) is -1.50. The van der Waals surface area contributed by atoms with Crippen LogP contribution in [0.5, 0.6) is 0 Å². The van der Waals surface area contributed by atoms with Crippen molar-refractivity contribution in [2.45, 2.75) is 0 Å². The minimum Gasteiger partial charge on any atom is -0.423 e. The van der Waals surface area contributed by atoms with Crippen LogP contribution in [0.15, 0.2) is 91.0 Å². The molecule has 27 heavy (non-hydrogen) atoms. The molecule has 0 saturated heterocycles. The third kappa shape index (κ3) is 2.52. The number of rotatable bonds is 2. The van der Waals surface area contributed by atoms with E-state index in [1.54, 1.807) is 6.07 Å². The van der Waals surface area contributed by atoms with Crippen LogP contribution in [-0.2, 0) is 0 Å². The fourth-order valence-electron chi connectivity index (χ4n) is 4.07. The van der Waals surface area contributed by atoms with Crippen LogP contribution in [0, 0.1) is 0 Å². The zero-order valence-electron chi connectivity index (χ0n) is 14.6. The second-order valence-electron chi connectivity index (χ2n) is 6.82. The van der Waals surface area contributed by atoms with Gasteiger partial charge in [-0.1, -0.05) is 84.9 Å². The monoisotopic (exact) mass is 348 g/mol. The van der Waals surface area contributed by atoms with Gasteiger partial charge in [0.15, 0.2) is 0 Å². The first-order valence-corrected chi connectivity index (χ1v) is 9.03. The van der Waals surface area contributed by atoms with Crippen LogP contribution < -0.4 is 5.46 Å². The molecule has 5 aromatic carbocycles. The molecular weight excluding hydrogens is 331 g/mol. The van der Waals surface area contributed by atoms with E-state index >= 15 is 0 Å². The van der Waals surface area contributed by atoms with Crippen LogP contribution >= 0.6 is 0 Å². The Bertz CT molecular complexity index is 1300. The molecule has 0 aromatic heterocycles. The second kappa shape index (κ2) is 6.24. The van der Waals surface area contributed by atoms with Crippen molar-refractivity contribution in [3.63, 3.8) is 0 Å². The van der Waals surface area contributed by atoms with E-state index in [0.717, 1.165) is 32.7 Å². The highest BCUT2D eigenvalue weighted by Gasteiger charge is 2.18. The summed E-state index contributed by atoms with van der Waals surface area (Å²) in [5.41, 5.74) is 2.81. The summed E-state index contributed by atoms with van der Waals surface area (Å²) in [6.45, 7) is 0. The van der Waals surface area contributed by atoms with Crippen LogP contribution in [0.25, 0.3) is 43.4 Å². The maximum Gasteiger partial charge on any atom is 0.489 e. The molecule has 5 aromatic rings. The molecular formula is C24H17BO2. The lowest BCUT2D eigenvalue weighted by Gasteiger charge is -2.16. The quantitative estimate of drug-likeness (QED) is 0.364. The van der Waals surface area contributed by atoms with E-state index in [-0.39, 0.29) is 0 Å². The number of hydrogen-bond donors (Lipinski definition) is 2. The standard InChI is InChI=1S/C24H17BO2/c26-25(27)23-14-6-13-21-22(23)15-17-8-2-4-11-19(17)24(21)20-12-5-9-16-7-1-3-10-18(16)20/h1-15,26-27H. The molecule has 0 heterocycles. The van der Waals surface area contributed by atoms with Crippen molar-refractivity contribution in [3.05, 3.63) is 91.0 Å². The minimum absolute atomic E-state index is 0.528. The second-order valence-corrected chi connectivity index (χ2v) is 6.82. The highest BCUT2D eigenvalue weighted by atomic mass is 16.4. The average Bonchev–Trinajstić information content (AvgIpc) is 2.71. The van der Waals surface area contributed by atoms with Gasteiger partial charge in [0.05, 0.1) is 0 Å². The maximum atomic E-state index is 9.88. The first kappa shape index (κ1) is 16.1. The molecule has 0 unspecified atom stereocenters. The average molecular weight is 348 g/mol.